The second-order valence-electron chi connectivity index (χ2n) is 17.0. The number of nitrogens with zero attached hydrogens (tertiary/aromatic N) is 5. The van der Waals surface area contributed by atoms with Crippen LogP contribution in [0.15, 0.2) is 60.7 Å². The Morgan fingerprint density at radius 3 is 1.52 bits per heavy atom. The van der Waals surface area contributed by atoms with Gasteiger partial charge >= 0.3 is 12.2 Å². The first kappa shape index (κ1) is 35.9. The van der Waals surface area contributed by atoms with Crippen LogP contribution in [0.1, 0.15) is 127 Å². The van der Waals surface area contributed by atoms with Crippen LogP contribution in [-0.2, 0) is 9.47 Å². The molecule has 54 heavy (non-hydrogen) atoms. The highest BCUT2D eigenvalue weighted by molar-refractivity contribution is 5.78. The normalized spacial score (nSPS) is 22.2. The molecule has 3 aromatic carbocycles. The average Bonchev–Trinajstić information content (AvgIpc) is 3.94. The molecule has 11 nitrogen and oxygen atoms in total. The summed E-state index contributed by atoms with van der Waals surface area (Å²) < 4.78 is 25.7. The standard InChI is InChI=1S/C42H50FN7O4/c1-41(2,3)53-39(51)48-21-7-9-35(48)37-44-29-17-11-25(23-31(29)46-37)33-19-20-34(50(33)28-15-13-27(43)14-16-28)26-12-18-30-32(24-26)47-38(45-30)36-10-8-22-49(36)40(52)54-42(4,5)6/h11-18,23-24,33-36H,7-10,19-22H2,1-6H3,(H,44,46)(H,45,47)/t33?,34?,35-,36?/m0/s1. The summed E-state index contributed by atoms with van der Waals surface area (Å²) in [6, 6.07) is 19.2. The van der Waals surface area contributed by atoms with Gasteiger partial charge in [-0.1, -0.05) is 12.1 Å². The zero-order chi connectivity index (χ0) is 37.9. The van der Waals surface area contributed by atoms with E-state index in [1.807, 2.05) is 53.7 Å². The SMILES string of the molecule is CC(C)(C)OC(=O)N1CCCC1c1nc2ccc(C3CCC(c4ccc5nc([C@@H]6CCCN6C(=O)OC(C)(C)C)[nH]c5c4)N3c3ccc(F)cc3)cc2[nH]1. The van der Waals surface area contributed by atoms with E-state index in [1.165, 1.54) is 12.1 Å². The van der Waals surface area contributed by atoms with Crippen LogP contribution in [0.25, 0.3) is 22.1 Å². The Hall–Kier alpha value is -5.13. The summed E-state index contributed by atoms with van der Waals surface area (Å²) >= 11 is 0. The molecule has 12 heteroatoms. The van der Waals surface area contributed by atoms with Gasteiger partial charge in [0.05, 0.1) is 46.2 Å². The van der Waals surface area contributed by atoms with E-state index in [0.717, 1.165) is 89.1 Å². The second-order valence-corrected chi connectivity index (χ2v) is 17.0. The quantitative estimate of drug-likeness (QED) is 0.184. The number of anilines is 1. The summed E-state index contributed by atoms with van der Waals surface area (Å²) in [5.74, 6) is 1.26. The smallest absolute Gasteiger partial charge is 0.410 e. The van der Waals surface area contributed by atoms with Crippen molar-refractivity contribution in [3.63, 3.8) is 0 Å². The molecule has 5 heterocycles. The number of imidazole rings is 2. The van der Waals surface area contributed by atoms with Crippen LogP contribution in [0.2, 0.25) is 0 Å². The van der Waals surface area contributed by atoms with Gasteiger partial charge in [0.2, 0.25) is 0 Å². The molecule has 3 aliphatic rings. The maximum absolute atomic E-state index is 14.2. The first-order valence-electron chi connectivity index (χ1n) is 19.2. The highest BCUT2D eigenvalue weighted by Gasteiger charge is 2.39. The van der Waals surface area contributed by atoms with E-state index in [-0.39, 0.29) is 42.2 Å². The Morgan fingerprint density at radius 2 is 1.09 bits per heavy atom. The molecular formula is C42H50FN7O4. The molecule has 3 unspecified atom stereocenters. The number of likely N-dealkylation sites (tertiary alicyclic amines) is 2. The van der Waals surface area contributed by atoms with E-state index in [2.05, 4.69) is 51.3 Å². The monoisotopic (exact) mass is 735 g/mol. The number of nitrogens with one attached hydrogen (secondary N) is 2. The fraction of sp³-hybridized carbons (Fsp3) is 0.476. The lowest BCUT2D eigenvalue weighted by Crippen LogP contribution is -2.36. The van der Waals surface area contributed by atoms with Gasteiger partial charge in [-0.2, -0.15) is 0 Å². The molecule has 0 spiro atoms. The molecule has 3 saturated heterocycles. The maximum atomic E-state index is 14.2. The molecule has 0 aliphatic carbocycles. The van der Waals surface area contributed by atoms with Crippen molar-refractivity contribution in [2.75, 3.05) is 18.0 Å². The molecule has 2 amide bonds. The minimum absolute atomic E-state index is 0.0234. The summed E-state index contributed by atoms with van der Waals surface area (Å²) in [6.07, 6.45) is 4.57. The summed E-state index contributed by atoms with van der Waals surface area (Å²) in [5.41, 5.74) is 5.59. The number of amides is 2. The molecule has 2 aromatic heterocycles. The Morgan fingerprint density at radius 1 is 0.648 bits per heavy atom. The molecule has 3 fully saturated rings. The molecule has 8 rings (SSSR count). The number of halogens is 1. The summed E-state index contributed by atoms with van der Waals surface area (Å²) in [4.78, 5) is 49.0. The van der Waals surface area contributed by atoms with Crippen molar-refractivity contribution in [1.82, 2.24) is 29.7 Å². The van der Waals surface area contributed by atoms with Crippen molar-refractivity contribution in [2.45, 2.75) is 115 Å². The van der Waals surface area contributed by atoms with Gasteiger partial charge in [-0.15, -0.1) is 0 Å². The molecule has 284 valence electrons. The predicted octanol–water partition coefficient (Wildman–Crippen LogP) is 9.81. The Kier molecular flexibility index (Phi) is 9.05. The number of ether oxygens (including phenoxy) is 2. The first-order valence-corrected chi connectivity index (χ1v) is 19.2. The lowest BCUT2D eigenvalue weighted by Gasteiger charge is -2.33. The van der Waals surface area contributed by atoms with E-state index in [9.17, 15) is 14.0 Å². The first-order chi connectivity index (χ1) is 25.7. The number of carbonyl (C=O) groups excluding carboxylic acids is 2. The van der Waals surface area contributed by atoms with Crippen LogP contribution in [0, 0.1) is 5.82 Å². The van der Waals surface area contributed by atoms with E-state index < -0.39 is 11.2 Å². The number of rotatable bonds is 5. The lowest BCUT2D eigenvalue weighted by molar-refractivity contribution is 0.0208. The third-order valence-corrected chi connectivity index (χ3v) is 10.7. The minimum Gasteiger partial charge on any atom is -0.444 e. The van der Waals surface area contributed by atoms with Crippen LogP contribution in [0.4, 0.5) is 19.7 Å². The van der Waals surface area contributed by atoms with Crippen LogP contribution >= 0.6 is 0 Å². The molecule has 3 aliphatic heterocycles. The van der Waals surface area contributed by atoms with Gasteiger partial charge in [0, 0.05) is 18.8 Å². The highest BCUT2D eigenvalue weighted by Crippen LogP contribution is 2.48. The van der Waals surface area contributed by atoms with Gasteiger partial charge in [0.25, 0.3) is 0 Å². The van der Waals surface area contributed by atoms with Crippen LogP contribution in [0.5, 0.6) is 0 Å². The Balaban J connectivity index is 1.08. The average molecular weight is 736 g/mol. The van der Waals surface area contributed by atoms with Gasteiger partial charge in [-0.05, 0) is 140 Å². The van der Waals surface area contributed by atoms with Gasteiger partial charge in [-0.25, -0.2) is 23.9 Å². The number of fused-ring (bicyclic) bond motifs is 2. The maximum Gasteiger partial charge on any atom is 0.410 e. The number of aromatic amines is 2. The lowest BCUT2D eigenvalue weighted by atomic mass is 10.0. The van der Waals surface area contributed by atoms with E-state index >= 15 is 0 Å². The van der Waals surface area contributed by atoms with Crippen molar-refractivity contribution >= 4 is 39.9 Å². The largest absolute Gasteiger partial charge is 0.444 e. The number of hydrogen-bond donors (Lipinski definition) is 2. The number of hydrogen-bond acceptors (Lipinski definition) is 7. The van der Waals surface area contributed by atoms with Crippen molar-refractivity contribution in [1.29, 1.82) is 0 Å². The number of aromatic nitrogens is 4. The minimum atomic E-state index is -0.573. The third-order valence-electron chi connectivity index (χ3n) is 10.7. The van der Waals surface area contributed by atoms with E-state index in [0.29, 0.717) is 13.1 Å². The van der Waals surface area contributed by atoms with Crippen LogP contribution in [-0.4, -0.2) is 66.2 Å². The molecule has 4 atom stereocenters. The zero-order valence-corrected chi connectivity index (χ0v) is 32.0. The van der Waals surface area contributed by atoms with E-state index in [4.69, 9.17) is 19.4 Å². The molecule has 0 bridgehead atoms. The van der Waals surface area contributed by atoms with Crippen molar-refractivity contribution in [3.05, 3.63) is 89.3 Å². The molecule has 0 radical (unpaired) electrons. The molecular weight excluding hydrogens is 686 g/mol. The molecule has 2 N–H and O–H groups in total. The third kappa shape index (κ3) is 7.10. The van der Waals surface area contributed by atoms with Gasteiger partial charge in [0.1, 0.15) is 28.7 Å². The highest BCUT2D eigenvalue weighted by atomic mass is 19.1. The van der Waals surface area contributed by atoms with Crippen molar-refractivity contribution < 1.29 is 23.5 Å². The summed E-state index contributed by atoms with van der Waals surface area (Å²) in [7, 11) is 0. The Bertz CT molecular complexity index is 2050. The van der Waals surface area contributed by atoms with Crippen molar-refractivity contribution in [3.8, 4) is 0 Å². The Labute approximate surface area is 315 Å². The molecule has 5 aromatic rings. The van der Waals surface area contributed by atoms with Gasteiger partial charge in [0.15, 0.2) is 0 Å². The van der Waals surface area contributed by atoms with Crippen LogP contribution in [0.3, 0.4) is 0 Å². The number of benzene rings is 3. The summed E-state index contributed by atoms with van der Waals surface area (Å²) in [5, 5.41) is 0. The predicted molar refractivity (Wildman–Crippen MR) is 206 cm³/mol. The fourth-order valence-corrected chi connectivity index (χ4v) is 8.44. The number of H-pyrrole nitrogens is 2. The summed E-state index contributed by atoms with van der Waals surface area (Å²) in [6.45, 7) is 12.6. The topological polar surface area (TPSA) is 120 Å². The van der Waals surface area contributed by atoms with E-state index in [1.54, 1.807) is 9.80 Å². The zero-order valence-electron chi connectivity index (χ0n) is 32.0. The van der Waals surface area contributed by atoms with Crippen LogP contribution < -0.4 is 4.90 Å². The fourth-order valence-electron chi connectivity index (χ4n) is 8.44. The van der Waals surface area contributed by atoms with Gasteiger partial charge in [-0.3, -0.25) is 9.80 Å². The van der Waals surface area contributed by atoms with Gasteiger partial charge < -0.3 is 24.3 Å². The second kappa shape index (κ2) is 13.6. The van der Waals surface area contributed by atoms with Crippen molar-refractivity contribution in [2.24, 2.45) is 0 Å². The number of carbonyl (C=O) groups is 2. The molecule has 0 saturated carbocycles.